The molecule has 0 fully saturated rings. The Labute approximate surface area is 63.5 Å². The average Bonchev–Trinajstić information content (AvgIpc) is 1.81. The van der Waals surface area contributed by atoms with E-state index < -0.39 is 6.10 Å². The normalized spacial score (nSPS) is 13.7. The molecule has 1 atom stereocenters. The number of rotatable bonds is 1. The van der Waals surface area contributed by atoms with Crippen LogP contribution in [0, 0.1) is 17.3 Å². The number of hydrogen-bond donors (Lipinski definition) is 1. The maximum atomic E-state index is 9.05. The predicted molar refractivity (Wildman–Crippen MR) is 43.5 cm³/mol. The van der Waals surface area contributed by atoms with Gasteiger partial charge in [-0.15, -0.1) is 0 Å². The lowest BCUT2D eigenvalue weighted by Crippen LogP contribution is -2.04. The summed E-state index contributed by atoms with van der Waals surface area (Å²) in [6, 6.07) is 0. The lowest BCUT2D eigenvalue weighted by atomic mass is 9.97. The molecular weight excluding hydrogens is 124 g/mol. The third-order valence-corrected chi connectivity index (χ3v) is 1.00. The molecule has 10 heavy (non-hydrogen) atoms. The van der Waals surface area contributed by atoms with Crippen molar-refractivity contribution in [1.29, 1.82) is 0 Å². The molecule has 0 heterocycles. The highest BCUT2D eigenvalue weighted by atomic mass is 16.3. The SMILES string of the molecule is CC[C@H](O)C#CC(C)(C)C. The van der Waals surface area contributed by atoms with Gasteiger partial charge in [0.1, 0.15) is 6.10 Å². The molecular formula is C9H16O. The fourth-order valence-electron chi connectivity index (χ4n) is 0.402. The lowest BCUT2D eigenvalue weighted by Gasteiger charge is -2.07. The standard InChI is InChI=1S/C9H16O/c1-5-8(10)6-7-9(2,3)4/h8,10H,5H2,1-4H3/t8-/m0/s1. The first-order valence-corrected chi connectivity index (χ1v) is 3.66. The maximum absolute atomic E-state index is 9.05. The molecule has 0 saturated carbocycles. The molecule has 58 valence electrons. The van der Waals surface area contributed by atoms with Gasteiger partial charge in [0.15, 0.2) is 0 Å². The molecule has 0 rings (SSSR count). The van der Waals surface area contributed by atoms with Crippen LogP contribution < -0.4 is 0 Å². The fraction of sp³-hybridized carbons (Fsp3) is 0.778. The van der Waals surface area contributed by atoms with E-state index in [1.54, 1.807) is 0 Å². The van der Waals surface area contributed by atoms with Gasteiger partial charge in [0, 0.05) is 5.41 Å². The second-order valence-corrected chi connectivity index (χ2v) is 3.44. The van der Waals surface area contributed by atoms with E-state index in [2.05, 4.69) is 11.8 Å². The van der Waals surface area contributed by atoms with Crippen LogP contribution in [0.1, 0.15) is 34.1 Å². The Morgan fingerprint density at radius 3 is 2.20 bits per heavy atom. The van der Waals surface area contributed by atoms with Gasteiger partial charge in [0.25, 0.3) is 0 Å². The minimum atomic E-state index is -0.445. The molecule has 0 aliphatic rings. The van der Waals surface area contributed by atoms with Crippen LogP contribution in [-0.4, -0.2) is 11.2 Å². The molecule has 0 radical (unpaired) electrons. The van der Waals surface area contributed by atoms with Gasteiger partial charge in [-0.1, -0.05) is 18.8 Å². The van der Waals surface area contributed by atoms with Crippen molar-refractivity contribution in [3.63, 3.8) is 0 Å². The fourth-order valence-corrected chi connectivity index (χ4v) is 0.402. The summed E-state index contributed by atoms with van der Waals surface area (Å²) >= 11 is 0. The topological polar surface area (TPSA) is 20.2 Å². The molecule has 0 amide bonds. The summed E-state index contributed by atoms with van der Waals surface area (Å²) in [6.45, 7) is 8.01. The monoisotopic (exact) mass is 140 g/mol. The van der Waals surface area contributed by atoms with Crippen molar-refractivity contribution in [2.75, 3.05) is 0 Å². The molecule has 0 bridgehead atoms. The van der Waals surface area contributed by atoms with E-state index in [-0.39, 0.29) is 5.41 Å². The zero-order valence-electron chi connectivity index (χ0n) is 7.23. The smallest absolute Gasteiger partial charge is 0.114 e. The second kappa shape index (κ2) is 3.63. The van der Waals surface area contributed by atoms with Crippen LogP contribution in [-0.2, 0) is 0 Å². The van der Waals surface area contributed by atoms with Gasteiger partial charge in [0.05, 0.1) is 0 Å². The Bertz CT molecular complexity index is 142. The Morgan fingerprint density at radius 2 is 1.90 bits per heavy atom. The largest absolute Gasteiger partial charge is 0.380 e. The summed E-state index contributed by atoms with van der Waals surface area (Å²) in [4.78, 5) is 0. The summed E-state index contributed by atoms with van der Waals surface area (Å²) < 4.78 is 0. The van der Waals surface area contributed by atoms with E-state index in [4.69, 9.17) is 5.11 Å². The first-order valence-electron chi connectivity index (χ1n) is 3.66. The quantitative estimate of drug-likeness (QED) is 0.551. The molecule has 0 aliphatic carbocycles. The molecule has 0 aromatic carbocycles. The van der Waals surface area contributed by atoms with Crippen LogP contribution in [0.5, 0.6) is 0 Å². The van der Waals surface area contributed by atoms with Crippen molar-refractivity contribution in [3.05, 3.63) is 0 Å². The van der Waals surface area contributed by atoms with Crippen LogP contribution in [0.15, 0.2) is 0 Å². The maximum Gasteiger partial charge on any atom is 0.114 e. The van der Waals surface area contributed by atoms with E-state index >= 15 is 0 Å². The lowest BCUT2D eigenvalue weighted by molar-refractivity contribution is 0.228. The first kappa shape index (κ1) is 9.52. The van der Waals surface area contributed by atoms with Crippen molar-refractivity contribution in [3.8, 4) is 11.8 Å². The van der Waals surface area contributed by atoms with Gasteiger partial charge in [-0.25, -0.2) is 0 Å². The number of aliphatic hydroxyl groups excluding tert-OH is 1. The van der Waals surface area contributed by atoms with E-state index in [9.17, 15) is 0 Å². The minimum Gasteiger partial charge on any atom is -0.380 e. The third kappa shape index (κ3) is 5.65. The Hall–Kier alpha value is -0.480. The summed E-state index contributed by atoms with van der Waals surface area (Å²) in [5, 5.41) is 9.05. The van der Waals surface area contributed by atoms with Gasteiger partial charge < -0.3 is 5.11 Å². The van der Waals surface area contributed by atoms with E-state index in [0.717, 1.165) is 0 Å². The van der Waals surface area contributed by atoms with Crippen LogP contribution in [0.4, 0.5) is 0 Å². The zero-order valence-corrected chi connectivity index (χ0v) is 7.23. The molecule has 1 heteroatoms. The van der Waals surface area contributed by atoms with Gasteiger partial charge >= 0.3 is 0 Å². The number of aliphatic hydroxyl groups is 1. The second-order valence-electron chi connectivity index (χ2n) is 3.44. The van der Waals surface area contributed by atoms with Crippen LogP contribution >= 0.6 is 0 Å². The molecule has 0 aromatic heterocycles. The molecule has 0 spiro atoms. The van der Waals surface area contributed by atoms with Crippen LogP contribution in [0.25, 0.3) is 0 Å². The Morgan fingerprint density at radius 1 is 1.40 bits per heavy atom. The first-order chi connectivity index (χ1) is 4.45. The summed E-state index contributed by atoms with van der Waals surface area (Å²) in [6.07, 6.45) is 0.266. The van der Waals surface area contributed by atoms with Crippen molar-refractivity contribution in [2.24, 2.45) is 5.41 Å². The number of hydrogen-bond acceptors (Lipinski definition) is 1. The molecule has 0 aliphatic heterocycles. The third-order valence-electron chi connectivity index (χ3n) is 1.00. The van der Waals surface area contributed by atoms with Crippen molar-refractivity contribution >= 4 is 0 Å². The average molecular weight is 140 g/mol. The summed E-state index contributed by atoms with van der Waals surface area (Å²) in [5.74, 6) is 5.75. The minimum absolute atomic E-state index is 0.0101. The summed E-state index contributed by atoms with van der Waals surface area (Å²) in [7, 11) is 0. The molecule has 0 aromatic rings. The Kier molecular flexibility index (Phi) is 3.46. The molecule has 0 unspecified atom stereocenters. The van der Waals surface area contributed by atoms with E-state index in [1.807, 2.05) is 27.7 Å². The van der Waals surface area contributed by atoms with Crippen molar-refractivity contribution < 1.29 is 5.11 Å². The molecule has 1 N–H and O–H groups in total. The Balaban J connectivity index is 3.91. The van der Waals surface area contributed by atoms with Crippen LogP contribution in [0.2, 0.25) is 0 Å². The molecule has 0 saturated heterocycles. The van der Waals surface area contributed by atoms with Gasteiger partial charge in [-0.2, -0.15) is 0 Å². The van der Waals surface area contributed by atoms with Crippen molar-refractivity contribution in [1.82, 2.24) is 0 Å². The summed E-state index contributed by atoms with van der Waals surface area (Å²) in [5.41, 5.74) is 0.0101. The highest BCUT2D eigenvalue weighted by Crippen LogP contribution is 2.09. The van der Waals surface area contributed by atoms with E-state index in [0.29, 0.717) is 6.42 Å². The zero-order chi connectivity index (χ0) is 8.20. The van der Waals surface area contributed by atoms with Gasteiger partial charge in [-0.05, 0) is 27.2 Å². The molecule has 1 nitrogen and oxygen atoms in total. The highest BCUT2D eigenvalue weighted by Gasteiger charge is 2.03. The predicted octanol–water partition coefficient (Wildman–Crippen LogP) is 1.81. The van der Waals surface area contributed by atoms with Gasteiger partial charge in [0.2, 0.25) is 0 Å². The van der Waals surface area contributed by atoms with Gasteiger partial charge in [-0.3, -0.25) is 0 Å². The van der Waals surface area contributed by atoms with E-state index in [1.165, 1.54) is 0 Å². The van der Waals surface area contributed by atoms with Crippen molar-refractivity contribution in [2.45, 2.75) is 40.2 Å². The van der Waals surface area contributed by atoms with Crippen LogP contribution in [0.3, 0.4) is 0 Å². The highest BCUT2D eigenvalue weighted by molar-refractivity contribution is 5.10.